The summed E-state index contributed by atoms with van der Waals surface area (Å²) in [5.41, 5.74) is 1.22. The van der Waals surface area contributed by atoms with Crippen molar-refractivity contribution in [3.05, 3.63) is 11.6 Å². The normalized spacial score (nSPS) is 25.3. The second-order valence-corrected chi connectivity index (χ2v) is 5.42. The van der Waals surface area contributed by atoms with E-state index in [1.807, 2.05) is 13.1 Å². The van der Waals surface area contributed by atoms with Gasteiger partial charge in [-0.1, -0.05) is 19.9 Å². The van der Waals surface area contributed by atoms with Gasteiger partial charge in [-0.25, -0.2) is 0 Å². The molecular weight excluding hydrogens is 238 g/mol. The molecule has 0 spiro atoms. The first-order chi connectivity index (χ1) is 9.06. The molecule has 1 aliphatic rings. The first-order valence-corrected chi connectivity index (χ1v) is 7.46. The van der Waals surface area contributed by atoms with Gasteiger partial charge in [-0.15, -0.1) is 0 Å². The number of hydrogen-bond acceptors (Lipinski definition) is 4. The summed E-state index contributed by atoms with van der Waals surface area (Å²) in [6, 6.07) is 0.374. The highest BCUT2D eigenvalue weighted by Gasteiger charge is 2.20. The smallest absolute Gasteiger partial charge is 0.156 e. The number of nitrogens with zero attached hydrogens (tertiary/aromatic N) is 2. The summed E-state index contributed by atoms with van der Waals surface area (Å²) in [6.45, 7) is 10.2. The summed E-state index contributed by atoms with van der Waals surface area (Å²) >= 11 is 0. The standard InChI is InChI=1S/C15H29N3O/c1-5-8-18(9-7-13(4)19)15-16-11-12(3)10-14(6-2)17-15/h10-11,13-15,17,19H,5-9H2,1-4H3/t13-,14?,15+/m0/s1. The van der Waals surface area contributed by atoms with Crippen molar-refractivity contribution in [3.8, 4) is 0 Å². The quantitative estimate of drug-likeness (QED) is 0.743. The average Bonchev–Trinajstić information content (AvgIpc) is 2.56. The van der Waals surface area contributed by atoms with Gasteiger partial charge in [-0.3, -0.25) is 15.2 Å². The van der Waals surface area contributed by atoms with Crippen LogP contribution in [0, 0.1) is 0 Å². The molecule has 1 heterocycles. The largest absolute Gasteiger partial charge is 0.393 e. The maximum atomic E-state index is 9.47. The van der Waals surface area contributed by atoms with Gasteiger partial charge in [-0.05, 0) is 38.7 Å². The fraction of sp³-hybridized carbons (Fsp3) is 0.800. The lowest BCUT2D eigenvalue weighted by Crippen LogP contribution is -2.48. The fourth-order valence-corrected chi connectivity index (χ4v) is 2.26. The Hall–Kier alpha value is -0.710. The van der Waals surface area contributed by atoms with E-state index in [0.29, 0.717) is 6.04 Å². The second-order valence-electron chi connectivity index (χ2n) is 5.42. The van der Waals surface area contributed by atoms with Gasteiger partial charge in [0.15, 0.2) is 6.29 Å². The number of nitrogens with one attached hydrogen (secondary N) is 1. The number of hydrogen-bond donors (Lipinski definition) is 2. The molecule has 0 saturated heterocycles. The lowest BCUT2D eigenvalue weighted by Gasteiger charge is -2.31. The summed E-state index contributed by atoms with van der Waals surface area (Å²) in [4.78, 5) is 6.96. The van der Waals surface area contributed by atoms with Crippen molar-refractivity contribution in [2.75, 3.05) is 13.1 Å². The minimum atomic E-state index is -0.254. The van der Waals surface area contributed by atoms with Crippen molar-refractivity contribution >= 4 is 6.21 Å². The van der Waals surface area contributed by atoms with Crippen molar-refractivity contribution in [2.24, 2.45) is 4.99 Å². The van der Waals surface area contributed by atoms with Crippen LogP contribution in [0.4, 0.5) is 0 Å². The number of aliphatic hydroxyl groups is 1. The lowest BCUT2D eigenvalue weighted by molar-refractivity contribution is 0.120. The van der Waals surface area contributed by atoms with Gasteiger partial charge < -0.3 is 5.11 Å². The van der Waals surface area contributed by atoms with Crippen LogP contribution < -0.4 is 5.32 Å². The van der Waals surface area contributed by atoms with E-state index >= 15 is 0 Å². The van der Waals surface area contributed by atoms with Crippen LogP contribution in [0.15, 0.2) is 16.6 Å². The molecule has 0 fully saturated rings. The van der Waals surface area contributed by atoms with Gasteiger partial charge in [0.1, 0.15) is 0 Å². The third-order valence-electron chi connectivity index (χ3n) is 3.38. The predicted molar refractivity (Wildman–Crippen MR) is 81.4 cm³/mol. The lowest BCUT2D eigenvalue weighted by atomic mass is 10.1. The molecule has 0 aromatic heterocycles. The molecule has 1 aliphatic heterocycles. The van der Waals surface area contributed by atoms with Gasteiger partial charge in [0, 0.05) is 25.3 Å². The average molecular weight is 267 g/mol. The van der Waals surface area contributed by atoms with Gasteiger partial charge in [0.05, 0.1) is 6.10 Å². The van der Waals surface area contributed by atoms with Crippen molar-refractivity contribution in [2.45, 2.75) is 65.4 Å². The number of aliphatic hydroxyl groups excluding tert-OH is 1. The van der Waals surface area contributed by atoms with Crippen molar-refractivity contribution < 1.29 is 5.11 Å². The first kappa shape index (κ1) is 16.3. The Kier molecular flexibility index (Phi) is 7.28. The maximum Gasteiger partial charge on any atom is 0.156 e. The van der Waals surface area contributed by atoms with Crippen LogP contribution in [0.25, 0.3) is 0 Å². The first-order valence-electron chi connectivity index (χ1n) is 7.46. The Bertz CT molecular complexity index is 313. The van der Waals surface area contributed by atoms with Gasteiger partial charge in [-0.2, -0.15) is 0 Å². The molecule has 0 aromatic carbocycles. The molecule has 0 amide bonds. The maximum absolute atomic E-state index is 9.47. The number of allylic oxidation sites excluding steroid dienone is 1. The molecule has 4 heteroatoms. The number of aliphatic imine (C=N–C) groups is 1. The second kappa shape index (κ2) is 8.46. The highest BCUT2D eigenvalue weighted by molar-refractivity contribution is 5.78. The summed E-state index contributed by atoms with van der Waals surface area (Å²) in [7, 11) is 0. The van der Waals surface area contributed by atoms with Crippen LogP contribution in [-0.2, 0) is 0 Å². The summed E-state index contributed by atoms with van der Waals surface area (Å²) in [6.07, 6.45) is 6.91. The molecule has 0 saturated carbocycles. The zero-order valence-electron chi connectivity index (χ0n) is 12.8. The third-order valence-corrected chi connectivity index (χ3v) is 3.38. The van der Waals surface area contributed by atoms with E-state index in [9.17, 15) is 5.11 Å². The van der Waals surface area contributed by atoms with Gasteiger partial charge in [0.2, 0.25) is 0 Å². The third kappa shape index (κ3) is 5.85. The van der Waals surface area contributed by atoms with Crippen LogP contribution in [-0.4, -0.2) is 47.7 Å². The zero-order valence-corrected chi connectivity index (χ0v) is 12.8. The molecule has 4 nitrogen and oxygen atoms in total. The van der Waals surface area contributed by atoms with Crippen LogP contribution in [0.3, 0.4) is 0 Å². The molecule has 0 radical (unpaired) electrons. The van der Waals surface area contributed by atoms with Gasteiger partial charge in [0.25, 0.3) is 0 Å². The Morgan fingerprint density at radius 2 is 2.16 bits per heavy atom. The molecule has 110 valence electrons. The van der Waals surface area contributed by atoms with Crippen LogP contribution in [0.1, 0.15) is 47.0 Å². The molecule has 0 aliphatic carbocycles. The van der Waals surface area contributed by atoms with Crippen molar-refractivity contribution in [1.82, 2.24) is 10.2 Å². The molecule has 3 atom stereocenters. The molecule has 0 aromatic rings. The fourth-order valence-electron chi connectivity index (χ4n) is 2.26. The highest BCUT2D eigenvalue weighted by Crippen LogP contribution is 2.10. The van der Waals surface area contributed by atoms with Crippen LogP contribution in [0.2, 0.25) is 0 Å². The molecule has 1 rings (SSSR count). The monoisotopic (exact) mass is 267 g/mol. The Morgan fingerprint density at radius 1 is 1.42 bits per heavy atom. The molecule has 0 bridgehead atoms. The Morgan fingerprint density at radius 3 is 2.74 bits per heavy atom. The minimum absolute atomic E-state index is 0.0253. The zero-order chi connectivity index (χ0) is 14.3. The van der Waals surface area contributed by atoms with Crippen LogP contribution in [0.5, 0.6) is 0 Å². The van der Waals surface area contributed by atoms with E-state index in [0.717, 1.165) is 32.4 Å². The van der Waals surface area contributed by atoms with E-state index in [4.69, 9.17) is 0 Å². The summed E-state index contributed by atoms with van der Waals surface area (Å²) in [5.74, 6) is 0. The molecule has 1 unspecified atom stereocenters. The van der Waals surface area contributed by atoms with Crippen LogP contribution >= 0.6 is 0 Å². The minimum Gasteiger partial charge on any atom is -0.393 e. The van der Waals surface area contributed by atoms with E-state index in [-0.39, 0.29) is 12.4 Å². The van der Waals surface area contributed by atoms with Crippen molar-refractivity contribution in [1.29, 1.82) is 0 Å². The van der Waals surface area contributed by atoms with Crippen molar-refractivity contribution in [3.63, 3.8) is 0 Å². The number of rotatable bonds is 7. The predicted octanol–water partition coefficient (Wildman–Crippen LogP) is 2.15. The van der Waals surface area contributed by atoms with E-state index in [1.165, 1.54) is 5.57 Å². The molecular formula is C15H29N3O. The Balaban J connectivity index is 2.69. The van der Waals surface area contributed by atoms with E-state index in [2.05, 4.69) is 42.1 Å². The summed E-state index contributed by atoms with van der Waals surface area (Å²) < 4.78 is 0. The molecule has 2 N–H and O–H groups in total. The van der Waals surface area contributed by atoms with E-state index < -0.39 is 0 Å². The van der Waals surface area contributed by atoms with Gasteiger partial charge >= 0.3 is 0 Å². The SMILES string of the molecule is CCCN(CC[C@H](C)O)[C@@H]1N=CC(C)=CC(CC)N1. The topological polar surface area (TPSA) is 47.9 Å². The Labute approximate surface area is 117 Å². The molecule has 19 heavy (non-hydrogen) atoms. The summed E-state index contributed by atoms with van der Waals surface area (Å²) in [5, 5.41) is 13.0. The highest BCUT2D eigenvalue weighted by atomic mass is 16.3. The van der Waals surface area contributed by atoms with E-state index in [1.54, 1.807) is 0 Å².